The lowest BCUT2D eigenvalue weighted by atomic mass is 10.1. The van der Waals surface area contributed by atoms with Crippen LogP contribution in [0.4, 0.5) is 11.8 Å². The fourth-order valence-electron chi connectivity index (χ4n) is 2.05. The maximum atomic E-state index is 11.6. The second kappa shape index (κ2) is 3.86. The van der Waals surface area contributed by atoms with Gasteiger partial charge in [0.1, 0.15) is 10.6 Å². The van der Waals surface area contributed by atoms with Crippen LogP contribution < -0.4 is 11.5 Å². The van der Waals surface area contributed by atoms with E-state index in [9.17, 15) is 4.79 Å². The monoisotopic (exact) mass is 273 g/mol. The number of anilines is 2. The highest BCUT2D eigenvalue weighted by Gasteiger charge is 2.15. The van der Waals surface area contributed by atoms with Crippen LogP contribution in [0.3, 0.4) is 0 Å². The van der Waals surface area contributed by atoms with E-state index in [1.54, 1.807) is 6.07 Å². The third-order valence-corrected chi connectivity index (χ3v) is 4.03. The van der Waals surface area contributed by atoms with Crippen LogP contribution in [0.2, 0.25) is 0 Å². The first kappa shape index (κ1) is 11.8. The Morgan fingerprint density at radius 1 is 1.26 bits per heavy atom. The van der Waals surface area contributed by atoms with Crippen molar-refractivity contribution in [3.63, 3.8) is 0 Å². The molecule has 0 radical (unpaired) electrons. The normalized spacial score (nSPS) is 11.3. The molecule has 0 atom stereocenters. The lowest BCUT2D eigenvalue weighted by Gasteiger charge is -2.01. The summed E-state index contributed by atoms with van der Waals surface area (Å²) in [7, 11) is 0. The number of nitrogens with two attached hydrogens (primary N) is 2. The molecule has 0 bridgehead atoms. The Morgan fingerprint density at radius 2 is 2.00 bits per heavy atom. The molecule has 0 saturated heterocycles. The molecule has 6 nitrogen and oxygen atoms in total. The Bertz CT molecular complexity index is 839. The second-order valence-electron chi connectivity index (χ2n) is 4.28. The van der Waals surface area contributed by atoms with Crippen molar-refractivity contribution in [2.24, 2.45) is 0 Å². The molecule has 0 amide bonds. The molecule has 0 spiro atoms. The molecule has 3 aromatic rings. The Morgan fingerprint density at radius 3 is 2.68 bits per heavy atom. The van der Waals surface area contributed by atoms with Gasteiger partial charge >= 0.3 is 0 Å². The molecule has 0 aromatic carbocycles. The predicted octanol–water partition coefficient (Wildman–Crippen LogP) is 1.91. The maximum absolute atomic E-state index is 11.6. The summed E-state index contributed by atoms with van der Waals surface area (Å²) in [5.74, 6) is 0.434. The summed E-state index contributed by atoms with van der Waals surface area (Å²) in [6, 6.07) is 1.80. The van der Waals surface area contributed by atoms with Gasteiger partial charge in [-0.15, -0.1) is 11.3 Å². The van der Waals surface area contributed by atoms with Gasteiger partial charge in [0.05, 0.1) is 10.2 Å². The number of hydrogen-bond acceptors (Lipinski definition) is 7. The molecule has 0 fully saturated rings. The number of aromatic nitrogens is 3. The number of rotatable bonds is 1. The molecule has 4 N–H and O–H groups in total. The average molecular weight is 273 g/mol. The van der Waals surface area contributed by atoms with E-state index in [4.69, 9.17) is 11.5 Å². The molecule has 0 saturated carbocycles. The summed E-state index contributed by atoms with van der Waals surface area (Å²) in [6.07, 6.45) is 0. The van der Waals surface area contributed by atoms with Crippen molar-refractivity contribution >= 4 is 49.3 Å². The molecule has 3 rings (SSSR count). The third-order valence-electron chi connectivity index (χ3n) is 2.92. The first-order valence-corrected chi connectivity index (χ1v) is 6.43. The number of ketones is 1. The summed E-state index contributed by atoms with van der Waals surface area (Å²) in [5, 5.41) is 0.789. The van der Waals surface area contributed by atoms with Gasteiger partial charge in [-0.2, -0.15) is 4.98 Å². The SMILES string of the molecule is CC(=O)c1cc2c(nc1C)sc1c(N)nc(N)nc12. The highest BCUT2D eigenvalue weighted by atomic mass is 32.1. The number of nitrogens with zero attached hydrogens (tertiary/aromatic N) is 3. The van der Waals surface area contributed by atoms with Crippen molar-refractivity contribution in [3.8, 4) is 0 Å². The minimum atomic E-state index is -0.0266. The highest BCUT2D eigenvalue weighted by Crippen LogP contribution is 2.35. The number of carbonyl (C=O) groups excluding carboxylic acids is 1. The third kappa shape index (κ3) is 1.70. The number of Topliss-reactive ketones (excluding diaryl/α,β-unsaturated/α-hetero) is 1. The van der Waals surface area contributed by atoms with E-state index < -0.39 is 0 Å². The van der Waals surface area contributed by atoms with Crippen molar-refractivity contribution in [1.82, 2.24) is 15.0 Å². The first-order valence-electron chi connectivity index (χ1n) is 5.61. The van der Waals surface area contributed by atoms with Gasteiger partial charge in [-0.05, 0) is 19.9 Å². The number of pyridine rings is 1. The van der Waals surface area contributed by atoms with Gasteiger partial charge in [-0.3, -0.25) is 4.79 Å². The zero-order chi connectivity index (χ0) is 13.7. The summed E-state index contributed by atoms with van der Waals surface area (Å²) in [4.78, 5) is 24.9. The summed E-state index contributed by atoms with van der Waals surface area (Å²) in [5.41, 5.74) is 13.4. The summed E-state index contributed by atoms with van der Waals surface area (Å²) < 4.78 is 0.747. The molecular formula is C12H11N5OS. The standard InChI is InChI=1S/C12H11N5OS/c1-4-6(5(2)18)3-7-8-9(19-11(7)15-4)10(13)17-12(14)16-8/h3H,1-2H3,(H4,13,14,16,17). The molecule has 96 valence electrons. The van der Waals surface area contributed by atoms with E-state index in [0.29, 0.717) is 22.6 Å². The highest BCUT2D eigenvalue weighted by molar-refractivity contribution is 7.25. The molecule has 0 unspecified atom stereocenters. The molecule has 3 heterocycles. The predicted molar refractivity (Wildman–Crippen MR) is 76.3 cm³/mol. The minimum Gasteiger partial charge on any atom is -0.382 e. The minimum absolute atomic E-state index is 0.0266. The van der Waals surface area contributed by atoms with E-state index in [1.165, 1.54) is 18.3 Å². The van der Waals surface area contributed by atoms with Crippen LogP contribution in [0.1, 0.15) is 23.0 Å². The van der Waals surface area contributed by atoms with E-state index in [0.717, 1.165) is 14.9 Å². The summed E-state index contributed by atoms with van der Waals surface area (Å²) in [6.45, 7) is 3.33. The van der Waals surface area contributed by atoms with Crippen molar-refractivity contribution in [2.75, 3.05) is 11.5 Å². The Balaban J connectivity index is 2.50. The Labute approximate surface area is 112 Å². The van der Waals surface area contributed by atoms with E-state index in [1.807, 2.05) is 6.92 Å². The molecule has 0 aliphatic rings. The van der Waals surface area contributed by atoms with Gasteiger partial charge < -0.3 is 11.5 Å². The van der Waals surface area contributed by atoms with Crippen molar-refractivity contribution in [3.05, 3.63) is 17.3 Å². The molecule has 19 heavy (non-hydrogen) atoms. The van der Waals surface area contributed by atoms with Crippen LogP contribution in [-0.2, 0) is 0 Å². The number of aryl methyl sites for hydroxylation is 1. The number of thiophene rings is 1. The van der Waals surface area contributed by atoms with Crippen LogP contribution in [-0.4, -0.2) is 20.7 Å². The van der Waals surface area contributed by atoms with Crippen molar-refractivity contribution in [1.29, 1.82) is 0 Å². The number of hydrogen-bond donors (Lipinski definition) is 2. The fourth-order valence-corrected chi connectivity index (χ4v) is 3.10. The first-order chi connectivity index (χ1) is 8.97. The van der Waals surface area contributed by atoms with Gasteiger partial charge in [0.25, 0.3) is 0 Å². The van der Waals surface area contributed by atoms with Gasteiger partial charge in [0.15, 0.2) is 5.78 Å². The Hall–Kier alpha value is -2.28. The fraction of sp³-hybridized carbons (Fsp3) is 0.167. The molecular weight excluding hydrogens is 262 g/mol. The average Bonchev–Trinajstić information content (AvgIpc) is 2.65. The number of fused-ring (bicyclic) bond motifs is 3. The topological polar surface area (TPSA) is 108 Å². The smallest absolute Gasteiger partial charge is 0.222 e. The van der Waals surface area contributed by atoms with E-state index >= 15 is 0 Å². The van der Waals surface area contributed by atoms with Crippen LogP contribution in [0.15, 0.2) is 6.07 Å². The van der Waals surface area contributed by atoms with Crippen LogP contribution in [0.25, 0.3) is 20.4 Å². The van der Waals surface area contributed by atoms with Crippen molar-refractivity contribution in [2.45, 2.75) is 13.8 Å². The van der Waals surface area contributed by atoms with Crippen LogP contribution >= 0.6 is 11.3 Å². The summed E-state index contributed by atoms with van der Waals surface area (Å²) >= 11 is 1.40. The molecule has 0 aliphatic heterocycles. The van der Waals surface area contributed by atoms with Crippen molar-refractivity contribution < 1.29 is 4.79 Å². The molecule has 3 aromatic heterocycles. The largest absolute Gasteiger partial charge is 0.382 e. The quantitative estimate of drug-likeness (QED) is 0.656. The van der Waals surface area contributed by atoms with Crippen LogP contribution in [0.5, 0.6) is 0 Å². The number of carbonyl (C=O) groups is 1. The van der Waals surface area contributed by atoms with Gasteiger partial charge in [0, 0.05) is 16.6 Å². The zero-order valence-corrected chi connectivity index (χ0v) is 11.2. The van der Waals surface area contributed by atoms with Crippen LogP contribution in [0, 0.1) is 6.92 Å². The number of nitrogen functional groups attached to an aromatic ring is 2. The van der Waals surface area contributed by atoms with E-state index in [2.05, 4.69) is 15.0 Å². The molecule has 0 aliphatic carbocycles. The zero-order valence-electron chi connectivity index (χ0n) is 10.4. The molecule has 7 heteroatoms. The Kier molecular flexibility index (Phi) is 2.39. The van der Waals surface area contributed by atoms with Gasteiger partial charge in [-0.25, -0.2) is 9.97 Å². The second-order valence-corrected chi connectivity index (χ2v) is 5.28. The van der Waals surface area contributed by atoms with E-state index in [-0.39, 0.29) is 11.7 Å². The maximum Gasteiger partial charge on any atom is 0.222 e. The van der Waals surface area contributed by atoms with Gasteiger partial charge in [-0.1, -0.05) is 0 Å². The van der Waals surface area contributed by atoms with Gasteiger partial charge in [0.2, 0.25) is 5.95 Å². The lowest BCUT2D eigenvalue weighted by Crippen LogP contribution is -1.99. The lowest BCUT2D eigenvalue weighted by molar-refractivity contribution is 0.101.